The fourth-order valence-electron chi connectivity index (χ4n) is 0.902. The van der Waals surface area contributed by atoms with Crippen molar-refractivity contribution in [2.45, 2.75) is 25.0 Å². The second-order valence-electron chi connectivity index (χ2n) is 3.34. The SMILES string of the molecule is O=C(CCC(=O)OC(CCl)CCl)OC(CCl)CCl. The van der Waals surface area contributed by atoms with Gasteiger partial charge in [-0.05, 0) is 0 Å². The predicted molar refractivity (Wildman–Crippen MR) is 71.9 cm³/mol. The highest BCUT2D eigenvalue weighted by molar-refractivity contribution is 6.21. The van der Waals surface area contributed by atoms with Gasteiger partial charge in [0.25, 0.3) is 0 Å². The van der Waals surface area contributed by atoms with Crippen molar-refractivity contribution in [1.29, 1.82) is 0 Å². The van der Waals surface area contributed by atoms with E-state index in [-0.39, 0.29) is 36.4 Å². The van der Waals surface area contributed by atoms with Crippen LogP contribution in [0.15, 0.2) is 0 Å². The Labute approximate surface area is 126 Å². The van der Waals surface area contributed by atoms with Gasteiger partial charge >= 0.3 is 11.9 Å². The third-order valence-electron chi connectivity index (χ3n) is 1.82. The summed E-state index contributed by atoms with van der Waals surface area (Å²) in [7, 11) is 0. The number of alkyl halides is 4. The molecule has 0 aliphatic carbocycles. The third-order valence-corrected chi connectivity index (χ3v) is 3.19. The van der Waals surface area contributed by atoms with Crippen LogP contribution in [0.3, 0.4) is 0 Å². The molecule has 0 radical (unpaired) electrons. The van der Waals surface area contributed by atoms with Gasteiger partial charge in [-0.25, -0.2) is 0 Å². The summed E-state index contributed by atoms with van der Waals surface area (Å²) in [6.07, 6.45) is -1.29. The van der Waals surface area contributed by atoms with E-state index < -0.39 is 24.1 Å². The van der Waals surface area contributed by atoms with Gasteiger partial charge in [-0.15, -0.1) is 46.4 Å². The molecule has 0 fully saturated rings. The Hall–Kier alpha value is 0.1000. The molecule has 0 bridgehead atoms. The summed E-state index contributed by atoms with van der Waals surface area (Å²) >= 11 is 22.0. The minimum absolute atomic E-state index is 0.0968. The van der Waals surface area contributed by atoms with Crippen LogP contribution in [0.4, 0.5) is 0 Å². The summed E-state index contributed by atoms with van der Waals surface area (Å²) in [6.45, 7) is 0. The largest absolute Gasteiger partial charge is 0.460 e. The lowest BCUT2D eigenvalue weighted by Gasteiger charge is -2.13. The number of ether oxygens (including phenoxy) is 2. The van der Waals surface area contributed by atoms with Gasteiger partial charge < -0.3 is 9.47 Å². The molecule has 0 aromatic carbocycles. The van der Waals surface area contributed by atoms with Gasteiger partial charge in [-0.3, -0.25) is 9.59 Å². The molecule has 0 unspecified atom stereocenters. The Bertz CT molecular complexity index is 228. The van der Waals surface area contributed by atoms with Gasteiger partial charge in [-0.2, -0.15) is 0 Å². The molecule has 0 saturated heterocycles. The Morgan fingerprint density at radius 1 is 0.722 bits per heavy atom. The maximum absolute atomic E-state index is 11.3. The maximum atomic E-state index is 11.3. The fourth-order valence-corrected chi connectivity index (χ4v) is 1.81. The molecule has 0 aromatic heterocycles. The molecular formula is C10H14Cl4O4. The van der Waals surface area contributed by atoms with Crippen LogP contribution in [0.2, 0.25) is 0 Å². The van der Waals surface area contributed by atoms with E-state index in [0.29, 0.717) is 0 Å². The summed E-state index contributed by atoms with van der Waals surface area (Å²) in [5.41, 5.74) is 0. The van der Waals surface area contributed by atoms with Gasteiger partial charge in [0.2, 0.25) is 0 Å². The van der Waals surface area contributed by atoms with Crippen LogP contribution in [0.5, 0.6) is 0 Å². The Kier molecular flexibility index (Phi) is 11.0. The Balaban J connectivity index is 3.87. The van der Waals surface area contributed by atoms with Crippen LogP contribution >= 0.6 is 46.4 Å². The second kappa shape index (κ2) is 11.0. The molecule has 0 heterocycles. The topological polar surface area (TPSA) is 52.6 Å². The smallest absolute Gasteiger partial charge is 0.306 e. The highest BCUT2D eigenvalue weighted by Gasteiger charge is 2.16. The zero-order valence-electron chi connectivity index (χ0n) is 9.54. The van der Waals surface area contributed by atoms with Gasteiger partial charge in [-0.1, -0.05) is 0 Å². The van der Waals surface area contributed by atoms with Gasteiger partial charge in [0, 0.05) is 0 Å². The van der Waals surface area contributed by atoms with Crippen molar-refractivity contribution in [3.63, 3.8) is 0 Å². The van der Waals surface area contributed by atoms with Gasteiger partial charge in [0.1, 0.15) is 12.2 Å². The van der Waals surface area contributed by atoms with E-state index in [1.54, 1.807) is 0 Å². The van der Waals surface area contributed by atoms with Crippen LogP contribution in [-0.4, -0.2) is 47.7 Å². The minimum Gasteiger partial charge on any atom is -0.460 e. The number of esters is 2. The average molecular weight is 340 g/mol. The Morgan fingerprint density at radius 3 is 1.22 bits per heavy atom. The first-order valence-electron chi connectivity index (χ1n) is 5.20. The number of hydrogen-bond donors (Lipinski definition) is 0. The van der Waals surface area contributed by atoms with Crippen LogP contribution < -0.4 is 0 Å². The first kappa shape index (κ1) is 18.1. The summed E-state index contributed by atoms with van der Waals surface area (Å²) < 4.78 is 9.79. The van der Waals surface area contributed by atoms with Crippen molar-refractivity contribution in [3.05, 3.63) is 0 Å². The van der Waals surface area contributed by atoms with E-state index in [2.05, 4.69) is 0 Å². The second-order valence-corrected chi connectivity index (χ2v) is 4.58. The average Bonchev–Trinajstić information content (AvgIpc) is 2.39. The molecular weight excluding hydrogens is 326 g/mol. The summed E-state index contributed by atoms with van der Waals surface area (Å²) in [5.74, 6) is -0.654. The van der Waals surface area contributed by atoms with E-state index in [4.69, 9.17) is 55.9 Å². The molecule has 18 heavy (non-hydrogen) atoms. The van der Waals surface area contributed by atoms with Crippen LogP contribution in [0.1, 0.15) is 12.8 Å². The zero-order valence-corrected chi connectivity index (χ0v) is 12.6. The molecule has 0 aliphatic rings. The van der Waals surface area contributed by atoms with Crippen molar-refractivity contribution in [1.82, 2.24) is 0 Å². The van der Waals surface area contributed by atoms with Gasteiger partial charge in [0.15, 0.2) is 0 Å². The van der Waals surface area contributed by atoms with E-state index in [1.165, 1.54) is 0 Å². The monoisotopic (exact) mass is 338 g/mol. The number of rotatable bonds is 9. The first-order valence-corrected chi connectivity index (χ1v) is 7.34. The minimum atomic E-state index is -0.549. The number of carbonyl (C=O) groups is 2. The van der Waals surface area contributed by atoms with Crippen molar-refractivity contribution < 1.29 is 19.1 Å². The van der Waals surface area contributed by atoms with E-state index in [0.717, 1.165) is 0 Å². The highest BCUT2D eigenvalue weighted by Crippen LogP contribution is 2.05. The summed E-state index contributed by atoms with van der Waals surface area (Å²) in [6, 6.07) is 0. The first-order chi connectivity index (χ1) is 8.57. The van der Waals surface area contributed by atoms with Crippen molar-refractivity contribution in [2.75, 3.05) is 23.5 Å². The summed E-state index contributed by atoms with van der Waals surface area (Å²) in [4.78, 5) is 22.6. The number of hydrogen-bond acceptors (Lipinski definition) is 4. The van der Waals surface area contributed by atoms with Crippen molar-refractivity contribution >= 4 is 58.3 Å². The maximum Gasteiger partial charge on any atom is 0.306 e. The predicted octanol–water partition coefficient (Wildman–Crippen LogP) is 2.55. The third kappa shape index (κ3) is 8.25. The van der Waals surface area contributed by atoms with Gasteiger partial charge in [0.05, 0.1) is 36.4 Å². The molecule has 106 valence electrons. The molecule has 0 rings (SSSR count). The van der Waals surface area contributed by atoms with Crippen LogP contribution in [-0.2, 0) is 19.1 Å². The molecule has 0 aromatic rings. The van der Waals surface area contributed by atoms with Crippen LogP contribution in [0.25, 0.3) is 0 Å². The lowest BCUT2D eigenvalue weighted by molar-refractivity contribution is -0.154. The highest BCUT2D eigenvalue weighted by atomic mass is 35.5. The molecule has 0 amide bonds. The molecule has 0 saturated carbocycles. The molecule has 0 atom stereocenters. The van der Waals surface area contributed by atoms with E-state index in [1.807, 2.05) is 0 Å². The quantitative estimate of drug-likeness (QED) is 0.478. The van der Waals surface area contributed by atoms with E-state index >= 15 is 0 Å². The molecule has 0 aliphatic heterocycles. The lowest BCUT2D eigenvalue weighted by Crippen LogP contribution is -2.24. The lowest BCUT2D eigenvalue weighted by atomic mass is 10.3. The zero-order chi connectivity index (χ0) is 14.0. The normalized spacial score (nSPS) is 10.8. The molecule has 0 spiro atoms. The Morgan fingerprint density at radius 2 is 1.00 bits per heavy atom. The number of carbonyl (C=O) groups excluding carboxylic acids is 2. The van der Waals surface area contributed by atoms with Crippen LogP contribution in [0, 0.1) is 0 Å². The molecule has 8 heteroatoms. The fraction of sp³-hybridized carbons (Fsp3) is 0.800. The summed E-state index contributed by atoms with van der Waals surface area (Å²) in [5, 5.41) is 0. The van der Waals surface area contributed by atoms with Crippen molar-refractivity contribution in [3.8, 4) is 0 Å². The molecule has 0 N–H and O–H groups in total. The number of halogens is 4. The standard InChI is InChI=1S/C10H14Cl4O4/c11-3-7(4-12)17-9(15)1-2-10(16)18-8(5-13)6-14/h7-8H,1-6H2. The molecule has 4 nitrogen and oxygen atoms in total. The van der Waals surface area contributed by atoms with Crippen molar-refractivity contribution in [2.24, 2.45) is 0 Å². The van der Waals surface area contributed by atoms with E-state index in [9.17, 15) is 9.59 Å².